The molecule has 0 saturated carbocycles. The third-order valence-corrected chi connectivity index (χ3v) is 2.33. The second kappa shape index (κ2) is 6.15. The molecule has 1 aromatic rings. The van der Waals surface area contributed by atoms with Gasteiger partial charge < -0.3 is 11.1 Å². The SMILES string of the molecule is CNC(=O)CCN(C)Cc1nc(C)cc(N)n1. The van der Waals surface area contributed by atoms with Gasteiger partial charge in [-0.2, -0.15) is 0 Å². The highest BCUT2D eigenvalue weighted by molar-refractivity contribution is 5.75. The number of hydrogen-bond acceptors (Lipinski definition) is 5. The maximum absolute atomic E-state index is 11.1. The summed E-state index contributed by atoms with van der Waals surface area (Å²) in [5.74, 6) is 1.19. The van der Waals surface area contributed by atoms with E-state index in [1.165, 1.54) is 0 Å². The van der Waals surface area contributed by atoms with E-state index in [1.807, 2.05) is 18.9 Å². The van der Waals surface area contributed by atoms with Crippen LogP contribution in [0.3, 0.4) is 0 Å². The van der Waals surface area contributed by atoms with Crippen LogP contribution in [-0.4, -0.2) is 41.4 Å². The number of anilines is 1. The Kier molecular flexibility index (Phi) is 4.84. The van der Waals surface area contributed by atoms with Crippen LogP contribution in [0.1, 0.15) is 17.9 Å². The van der Waals surface area contributed by atoms with Crippen molar-refractivity contribution in [3.63, 3.8) is 0 Å². The predicted octanol–water partition coefficient (Wildman–Crippen LogP) is -0.0649. The Morgan fingerprint density at radius 1 is 1.53 bits per heavy atom. The van der Waals surface area contributed by atoms with Crippen molar-refractivity contribution in [3.8, 4) is 0 Å². The third kappa shape index (κ3) is 4.78. The molecule has 6 nitrogen and oxygen atoms in total. The minimum atomic E-state index is 0.0292. The van der Waals surface area contributed by atoms with E-state index in [0.717, 1.165) is 5.69 Å². The molecule has 0 radical (unpaired) electrons. The van der Waals surface area contributed by atoms with Gasteiger partial charge in [0, 0.05) is 31.8 Å². The number of nitrogens with two attached hydrogens (primary N) is 1. The van der Waals surface area contributed by atoms with Gasteiger partial charge in [-0.1, -0.05) is 0 Å². The summed E-state index contributed by atoms with van der Waals surface area (Å²) >= 11 is 0. The summed E-state index contributed by atoms with van der Waals surface area (Å²) in [6.45, 7) is 3.13. The van der Waals surface area contributed by atoms with Crippen molar-refractivity contribution in [2.45, 2.75) is 19.9 Å². The molecule has 0 aromatic carbocycles. The number of hydrogen-bond donors (Lipinski definition) is 2. The molecule has 1 amide bonds. The number of nitrogens with one attached hydrogen (secondary N) is 1. The van der Waals surface area contributed by atoms with Crippen molar-refractivity contribution in [2.24, 2.45) is 0 Å². The van der Waals surface area contributed by atoms with E-state index < -0.39 is 0 Å². The summed E-state index contributed by atoms with van der Waals surface area (Å²) < 4.78 is 0. The maximum atomic E-state index is 11.1. The normalized spacial score (nSPS) is 10.6. The lowest BCUT2D eigenvalue weighted by atomic mass is 10.3. The molecule has 1 rings (SSSR count). The molecule has 0 saturated heterocycles. The minimum absolute atomic E-state index is 0.0292. The summed E-state index contributed by atoms with van der Waals surface area (Å²) in [4.78, 5) is 21.5. The van der Waals surface area contributed by atoms with Gasteiger partial charge in [0.15, 0.2) is 0 Å². The fourth-order valence-corrected chi connectivity index (χ4v) is 1.46. The zero-order valence-electron chi connectivity index (χ0n) is 10.5. The molecule has 1 heterocycles. The van der Waals surface area contributed by atoms with E-state index in [4.69, 9.17) is 5.73 Å². The zero-order chi connectivity index (χ0) is 12.8. The van der Waals surface area contributed by atoms with E-state index in [2.05, 4.69) is 15.3 Å². The fraction of sp³-hybridized carbons (Fsp3) is 0.545. The average Bonchev–Trinajstić information content (AvgIpc) is 2.24. The van der Waals surface area contributed by atoms with Crippen molar-refractivity contribution >= 4 is 11.7 Å². The van der Waals surface area contributed by atoms with Crippen LogP contribution in [0, 0.1) is 6.92 Å². The Balaban J connectivity index is 2.50. The lowest BCUT2D eigenvalue weighted by Gasteiger charge is -2.15. The van der Waals surface area contributed by atoms with E-state index in [-0.39, 0.29) is 5.91 Å². The molecule has 0 spiro atoms. The first-order chi connectivity index (χ1) is 8.01. The largest absolute Gasteiger partial charge is 0.384 e. The summed E-state index contributed by atoms with van der Waals surface area (Å²) in [5, 5.41) is 2.59. The number of carbonyl (C=O) groups is 1. The number of aryl methyl sites for hydroxylation is 1. The molecule has 1 aromatic heterocycles. The van der Waals surface area contributed by atoms with Crippen LogP contribution in [0.15, 0.2) is 6.07 Å². The molecular weight excluding hydrogens is 218 g/mol. The van der Waals surface area contributed by atoms with Crippen LogP contribution >= 0.6 is 0 Å². The molecule has 6 heteroatoms. The van der Waals surface area contributed by atoms with Crippen molar-refractivity contribution in [2.75, 3.05) is 26.4 Å². The average molecular weight is 237 g/mol. The molecule has 94 valence electrons. The van der Waals surface area contributed by atoms with Crippen LogP contribution < -0.4 is 11.1 Å². The van der Waals surface area contributed by atoms with Gasteiger partial charge in [-0.05, 0) is 14.0 Å². The van der Waals surface area contributed by atoms with E-state index in [1.54, 1.807) is 13.1 Å². The Morgan fingerprint density at radius 3 is 2.82 bits per heavy atom. The lowest BCUT2D eigenvalue weighted by molar-refractivity contribution is -0.120. The monoisotopic (exact) mass is 237 g/mol. The van der Waals surface area contributed by atoms with E-state index in [9.17, 15) is 4.79 Å². The van der Waals surface area contributed by atoms with Crippen LogP contribution in [0.5, 0.6) is 0 Å². The zero-order valence-corrected chi connectivity index (χ0v) is 10.5. The van der Waals surface area contributed by atoms with Gasteiger partial charge in [0.25, 0.3) is 0 Å². The quantitative estimate of drug-likeness (QED) is 0.749. The number of nitrogens with zero attached hydrogens (tertiary/aromatic N) is 3. The van der Waals surface area contributed by atoms with Crippen molar-refractivity contribution in [3.05, 3.63) is 17.6 Å². The molecule has 3 N–H and O–H groups in total. The second-order valence-electron chi connectivity index (χ2n) is 4.01. The van der Waals surface area contributed by atoms with Gasteiger partial charge in [-0.3, -0.25) is 9.69 Å². The lowest BCUT2D eigenvalue weighted by Crippen LogP contribution is -2.27. The van der Waals surface area contributed by atoms with Crippen LogP contribution in [0.4, 0.5) is 5.82 Å². The Hall–Kier alpha value is -1.69. The number of rotatable bonds is 5. The maximum Gasteiger partial charge on any atom is 0.221 e. The summed E-state index contributed by atoms with van der Waals surface area (Å²) in [6.07, 6.45) is 0.467. The minimum Gasteiger partial charge on any atom is -0.384 e. The third-order valence-electron chi connectivity index (χ3n) is 2.33. The van der Waals surface area contributed by atoms with Gasteiger partial charge in [-0.15, -0.1) is 0 Å². The summed E-state index contributed by atoms with van der Waals surface area (Å²) in [6, 6.07) is 1.73. The first-order valence-corrected chi connectivity index (χ1v) is 5.50. The number of amides is 1. The smallest absolute Gasteiger partial charge is 0.221 e. The molecule has 17 heavy (non-hydrogen) atoms. The number of nitrogen functional groups attached to an aromatic ring is 1. The van der Waals surface area contributed by atoms with Gasteiger partial charge in [0.05, 0.1) is 6.54 Å². The van der Waals surface area contributed by atoms with Crippen LogP contribution in [0.25, 0.3) is 0 Å². The molecule has 0 bridgehead atoms. The second-order valence-corrected chi connectivity index (χ2v) is 4.01. The molecule has 0 aliphatic rings. The fourth-order valence-electron chi connectivity index (χ4n) is 1.46. The Morgan fingerprint density at radius 2 is 2.24 bits per heavy atom. The Bertz CT molecular complexity index is 373. The highest BCUT2D eigenvalue weighted by Gasteiger charge is 2.06. The highest BCUT2D eigenvalue weighted by atomic mass is 16.1. The van der Waals surface area contributed by atoms with Gasteiger partial charge >= 0.3 is 0 Å². The molecule has 0 atom stereocenters. The number of aromatic nitrogens is 2. The molecule has 0 aliphatic carbocycles. The molecule has 0 aliphatic heterocycles. The van der Waals surface area contributed by atoms with Crippen molar-refractivity contribution in [1.82, 2.24) is 20.2 Å². The van der Waals surface area contributed by atoms with E-state index >= 15 is 0 Å². The highest BCUT2D eigenvalue weighted by Crippen LogP contribution is 2.04. The first-order valence-electron chi connectivity index (χ1n) is 5.50. The van der Waals surface area contributed by atoms with Gasteiger partial charge in [-0.25, -0.2) is 9.97 Å². The standard InChI is InChI=1S/C11H19N5O/c1-8-6-9(12)15-10(14-8)7-16(3)5-4-11(17)13-2/h6H,4-5,7H2,1-3H3,(H,13,17)(H2,12,14,15). The first kappa shape index (κ1) is 13.4. The summed E-state index contributed by atoms with van der Waals surface area (Å²) in [7, 11) is 3.55. The van der Waals surface area contributed by atoms with Gasteiger partial charge in [0.1, 0.15) is 11.6 Å². The topological polar surface area (TPSA) is 84.1 Å². The van der Waals surface area contributed by atoms with Gasteiger partial charge in [0.2, 0.25) is 5.91 Å². The molecule has 0 unspecified atom stereocenters. The number of carbonyl (C=O) groups excluding carboxylic acids is 1. The predicted molar refractivity (Wildman–Crippen MR) is 66.2 cm³/mol. The molecular formula is C11H19N5O. The van der Waals surface area contributed by atoms with Crippen LogP contribution in [-0.2, 0) is 11.3 Å². The molecule has 0 fully saturated rings. The van der Waals surface area contributed by atoms with Crippen LogP contribution in [0.2, 0.25) is 0 Å². The van der Waals surface area contributed by atoms with Crippen molar-refractivity contribution in [1.29, 1.82) is 0 Å². The van der Waals surface area contributed by atoms with E-state index in [0.29, 0.717) is 31.2 Å². The Labute approximate surface area is 101 Å². The van der Waals surface area contributed by atoms with Crippen molar-refractivity contribution < 1.29 is 4.79 Å². The summed E-state index contributed by atoms with van der Waals surface area (Å²) in [5.41, 5.74) is 6.50.